The third-order valence-electron chi connectivity index (χ3n) is 4.20. The van der Waals surface area contributed by atoms with E-state index >= 15 is 0 Å². The van der Waals surface area contributed by atoms with Gasteiger partial charge in [-0.3, -0.25) is 9.69 Å². The van der Waals surface area contributed by atoms with Crippen LogP contribution in [0.3, 0.4) is 0 Å². The molecule has 1 aliphatic heterocycles. The van der Waals surface area contributed by atoms with E-state index in [9.17, 15) is 4.79 Å². The van der Waals surface area contributed by atoms with Gasteiger partial charge in [0, 0.05) is 25.2 Å². The van der Waals surface area contributed by atoms with E-state index in [-0.39, 0.29) is 11.9 Å². The Morgan fingerprint density at radius 2 is 2.00 bits per heavy atom. The molecule has 1 heterocycles. The highest BCUT2D eigenvalue weighted by Crippen LogP contribution is 2.27. The van der Waals surface area contributed by atoms with E-state index in [1.807, 2.05) is 7.05 Å². The van der Waals surface area contributed by atoms with Crippen LogP contribution >= 0.6 is 0 Å². The van der Waals surface area contributed by atoms with Gasteiger partial charge in [0.05, 0.1) is 0 Å². The van der Waals surface area contributed by atoms with Crippen molar-refractivity contribution in [3.05, 3.63) is 0 Å². The fourth-order valence-corrected chi connectivity index (χ4v) is 2.99. The van der Waals surface area contributed by atoms with Gasteiger partial charge < -0.3 is 10.6 Å². The van der Waals surface area contributed by atoms with Crippen LogP contribution in [0, 0.1) is 0 Å². The van der Waals surface area contributed by atoms with Crippen LogP contribution < -0.4 is 5.73 Å². The van der Waals surface area contributed by atoms with E-state index in [2.05, 4.69) is 16.7 Å². The Bertz CT molecular complexity index is 263. The average Bonchev–Trinajstić information content (AvgIpc) is 2.77. The zero-order valence-electron chi connectivity index (χ0n) is 10.4. The molecule has 1 saturated heterocycles. The predicted octanol–water partition coefficient (Wildman–Crippen LogP) is 0.419. The van der Waals surface area contributed by atoms with Gasteiger partial charge in [0.1, 0.15) is 6.04 Å². The molecule has 2 rings (SSSR count). The Morgan fingerprint density at radius 3 is 2.56 bits per heavy atom. The molecule has 92 valence electrons. The Morgan fingerprint density at radius 1 is 1.38 bits per heavy atom. The summed E-state index contributed by atoms with van der Waals surface area (Å²) in [7, 11) is 2.01. The fraction of sp³-hybridized carbons (Fsp3) is 0.917. The molecule has 2 atom stereocenters. The summed E-state index contributed by atoms with van der Waals surface area (Å²) in [6.45, 7) is 3.48. The predicted molar refractivity (Wildman–Crippen MR) is 64.0 cm³/mol. The van der Waals surface area contributed by atoms with E-state index in [0.29, 0.717) is 18.6 Å². The number of amides is 1. The number of nitrogens with zero attached hydrogens (tertiary/aromatic N) is 2. The highest BCUT2D eigenvalue weighted by molar-refractivity contribution is 5.83. The molecule has 1 aliphatic carbocycles. The van der Waals surface area contributed by atoms with E-state index in [1.165, 1.54) is 25.7 Å². The third-order valence-corrected chi connectivity index (χ3v) is 4.20. The fourth-order valence-electron chi connectivity index (χ4n) is 2.99. The van der Waals surface area contributed by atoms with Crippen LogP contribution in [0.4, 0.5) is 0 Å². The number of hydrogen-bond donors (Lipinski definition) is 1. The number of nitrogens with two attached hydrogens (primary N) is 1. The molecule has 0 aromatic rings. The van der Waals surface area contributed by atoms with Crippen LogP contribution in [-0.2, 0) is 4.79 Å². The van der Waals surface area contributed by atoms with Crippen LogP contribution in [-0.4, -0.2) is 54.0 Å². The molecule has 2 unspecified atom stereocenters. The van der Waals surface area contributed by atoms with Crippen molar-refractivity contribution in [3.8, 4) is 0 Å². The maximum Gasteiger partial charge on any atom is 0.241 e. The third kappa shape index (κ3) is 1.96. The Kier molecular flexibility index (Phi) is 3.50. The van der Waals surface area contributed by atoms with Crippen molar-refractivity contribution in [2.24, 2.45) is 5.73 Å². The number of rotatable bonds is 2. The quantitative estimate of drug-likeness (QED) is 0.741. The van der Waals surface area contributed by atoms with Crippen LogP contribution in [0.5, 0.6) is 0 Å². The van der Waals surface area contributed by atoms with Gasteiger partial charge in [-0.2, -0.15) is 0 Å². The number of hydrogen-bond acceptors (Lipinski definition) is 3. The van der Waals surface area contributed by atoms with Gasteiger partial charge in [0.15, 0.2) is 0 Å². The molecule has 0 aromatic heterocycles. The second-order valence-corrected chi connectivity index (χ2v) is 5.19. The number of carbonyl (C=O) groups excluding carboxylic acids is 1. The van der Waals surface area contributed by atoms with E-state index in [1.54, 1.807) is 0 Å². The Balaban J connectivity index is 2.10. The lowest BCUT2D eigenvalue weighted by Crippen LogP contribution is -2.63. The molecule has 0 aromatic carbocycles. The lowest BCUT2D eigenvalue weighted by molar-refractivity contribution is -0.145. The van der Waals surface area contributed by atoms with Crippen LogP contribution in [0.2, 0.25) is 0 Å². The molecule has 4 nitrogen and oxygen atoms in total. The van der Waals surface area contributed by atoms with E-state index in [4.69, 9.17) is 5.73 Å². The van der Waals surface area contributed by atoms with Gasteiger partial charge in [-0.25, -0.2) is 0 Å². The van der Waals surface area contributed by atoms with Crippen LogP contribution in [0.15, 0.2) is 0 Å². The summed E-state index contributed by atoms with van der Waals surface area (Å²) in [5.41, 5.74) is 5.72. The highest BCUT2D eigenvalue weighted by Gasteiger charge is 2.39. The van der Waals surface area contributed by atoms with Crippen molar-refractivity contribution >= 4 is 5.91 Å². The monoisotopic (exact) mass is 225 g/mol. The van der Waals surface area contributed by atoms with Gasteiger partial charge in [0.2, 0.25) is 5.91 Å². The maximum absolute atomic E-state index is 12.3. The van der Waals surface area contributed by atoms with Crippen molar-refractivity contribution in [1.29, 1.82) is 0 Å². The first-order valence-corrected chi connectivity index (χ1v) is 6.37. The first kappa shape index (κ1) is 11.9. The van der Waals surface area contributed by atoms with E-state index in [0.717, 1.165) is 6.54 Å². The topological polar surface area (TPSA) is 49.6 Å². The van der Waals surface area contributed by atoms with Crippen molar-refractivity contribution in [2.75, 3.05) is 20.1 Å². The minimum Gasteiger partial charge on any atom is -0.337 e. The summed E-state index contributed by atoms with van der Waals surface area (Å²) < 4.78 is 0. The maximum atomic E-state index is 12.3. The molecule has 4 heteroatoms. The minimum atomic E-state index is -0.107. The lowest BCUT2D eigenvalue weighted by Gasteiger charge is -2.45. The van der Waals surface area contributed by atoms with Gasteiger partial charge in [-0.1, -0.05) is 12.8 Å². The first-order chi connectivity index (χ1) is 7.65. The molecule has 2 N–H and O–H groups in total. The van der Waals surface area contributed by atoms with Gasteiger partial charge >= 0.3 is 0 Å². The zero-order valence-corrected chi connectivity index (χ0v) is 10.4. The van der Waals surface area contributed by atoms with Crippen molar-refractivity contribution < 1.29 is 4.79 Å². The summed E-state index contributed by atoms with van der Waals surface area (Å²) in [6.07, 6.45) is 4.90. The average molecular weight is 225 g/mol. The minimum absolute atomic E-state index is 0.107. The number of carbonyl (C=O) groups is 1. The van der Waals surface area contributed by atoms with Gasteiger partial charge in [-0.05, 0) is 26.8 Å². The smallest absolute Gasteiger partial charge is 0.241 e. The number of likely N-dealkylation sites (N-methyl/N-ethyl adjacent to an activating group) is 1. The molecule has 2 fully saturated rings. The summed E-state index contributed by atoms with van der Waals surface area (Å²) >= 11 is 0. The molecule has 1 saturated carbocycles. The molecule has 0 spiro atoms. The zero-order chi connectivity index (χ0) is 11.7. The van der Waals surface area contributed by atoms with Crippen molar-refractivity contribution in [2.45, 2.75) is 50.7 Å². The molecule has 2 aliphatic rings. The summed E-state index contributed by atoms with van der Waals surface area (Å²) in [4.78, 5) is 16.5. The molecule has 0 bridgehead atoms. The second kappa shape index (κ2) is 4.72. The summed E-state index contributed by atoms with van der Waals surface area (Å²) in [6, 6.07) is 0.800. The SMILES string of the molecule is CC1CN(C2CCCC2)C(=O)C(CN)N1C. The lowest BCUT2D eigenvalue weighted by atomic mass is 10.0. The Hall–Kier alpha value is -0.610. The molecule has 0 radical (unpaired) electrons. The second-order valence-electron chi connectivity index (χ2n) is 5.19. The molecular formula is C12H23N3O. The van der Waals surface area contributed by atoms with Crippen LogP contribution in [0.25, 0.3) is 0 Å². The molecule has 1 amide bonds. The standard InChI is InChI=1S/C12H23N3O/c1-9-8-15(10-5-3-4-6-10)12(16)11(7-13)14(9)2/h9-11H,3-8,13H2,1-2H3. The van der Waals surface area contributed by atoms with Crippen molar-refractivity contribution in [1.82, 2.24) is 9.80 Å². The van der Waals surface area contributed by atoms with E-state index < -0.39 is 0 Å². The molecular weight excluding hydrogens is 202 g/mol. The highest BCUT2D eigenvalue weighted by atomic mass is 16.2. The van der Waals surface area contributed by atoms with Gasteiger partial charge in [0.25, 0.3) is 0 Å². The summed E-state index contributed by atoms with van der Waals surface area (Å²) in [5.74, 6) is 0.245. The molecule has 16 heavy (non-hydrogen) atoms. The number of piperazine rings is 1. The largest absolute Gasteiger partial charge is 0.337 e. The normalized spacial score (nSPS) is 33.7. The van der Waals surface area contributed by atoms with Gasteiger partial charge in [-0.15, -0.1) is 0 Å². The van der Waals surface area contributed by atoms with Crippen LogP contribution in [0.1, 0.15) is 32.6 Å². The summed E-state index contributed by atoms with van der Waals surface area (Å²) in [5, 5.41) is 0. The van der Waals surface area contributed by atoms with Crippen molar-refractivity contribution in [3.63, 3.8) is 0 Å². The Labute approximate surface area is 97.8 Å². The first-order valence-electron chi connectivity index (χ1n) is 6.37.